The lowest BCUT2D eigenvalue weighted by Gasteiger charge is -2.29. The Kier molecular flexibility index (Phi) is 4.18. The molecule has 15 heavy (non-hydrogen) atoms. The maximum Gasteiger partial charge on any atom is 0.161 e. The first kappa shape index (κ1) is 11.1. The third-order valence-corrected chi connectivity index (χ3v) is 3.66. The second-order valence-electron chi connectivity index (χ2n) is 4.95. The van der Waals surface area contributed by atoms with Crippen LogP contribution in [0.4, 0.5) is 0 Å². The molecule has 2 heterocycles. The molecule has 2 unspecified atom stereocenters. The highest BCUT2D eigenvalue weighted by Crippen LogP contribution is 2.25. The van der Waals surface area contributed by atoms with E-state index >= 15 is 0 Å². The molecule has 2 rings (SSSR count). The lowest BCUT2D eigenvalue weighted by Crippen LogP contribution is -2.33. The predicted molar refractivity (Wildman–Crippen MR) is 59.8 cm³/mol. The Morgan fingerprint density at radius 2 is 1.60 bits per heavy atom. The topological polar surface area (TPSA) is 26.3 Å². The quantitative estimate of drug-likeness (QED) is 0.613. The second-order valence-corrected chi connectivity index (χ2v) is 4.95. The van der Waals surface area contributed by atoms with Gasteiger partial charge in [0.15, 0.2) is 5.78 Å². The van der Waals surface area contributed by atoms with E-state index in [-0.39, 0.29) is 6.10 Å². The molecular formula is C13H22O2. The van der Waals surface area contributed by atoms with Crippen LogP contribution in [0.15, 0.2) is 0 Å². The molecule has 2 saturated heterocycles. The van der Waals surface area contributed by atoms with Crippen LogP contribution in [-0.2, 0) is 9.53 Å². The maximum atomic E-state index is 11.8. The average Bonchev–Trinajstić information content (AvgIpc) is 2.29. The Labute approximate surface area is 92.4 Å². The molecule has 0 N–H and O–H groups in total. The van der Waals surface area contributed by atoms with Crippen LogP contribution in [0.25, 0.3) is 0 Å². The van der Waals surface area contributed by atoms with E-state index in [2.05, 4.69) is 0 Å². The zero-order valence-corrected chi connectivity index (χ0v) is 9.54. The Morgan fingerprint density at radius 1 is 0.867 bits per heavy atom. The lowest BCUT2D eigenvalue weighted by atomic mass is 9.97. The molecule has 2 aliphatic heterocycles. The summed E-state index contributed by atoms with van der Waals surface area (Å²) in [6.07, 6.45) is 11.8. The lowest BCUT2D eigenvalue weighted by molar-refractivity contribution is -0.139. The van der Waals surface area contributed by atoms with Crippen LogP contribution in [-0.4, -0.2) is 18.0 Å². The Balaban J connectivity index is 1.93. The standard InChI is InChI=1S/C13H22O2/c14-12-9-5-3-1-2-4-7-11-8-6-10-13(12)15-11/h11,13H,1-10H2. The molecule has 0 radical (unpaired) electrons. The van der Waals surface area contributed by atoms with Crippen molar-refractivity contribution < 1.29 is 9.53 Å². The van der Waals surface area contributed by atoms with Crippen LogP contribution in [0.1, 0.15) is 64.2 Å². The first-order valence-corrected chi connectivity index (χ1v) is 6.54. The minimum absolute atomic E-state index is 0.0538. The fraction of sp³-hybridized carbons (Fsp3) is 0.923. The smallest absolute Gasteiger partial charge is 0.161 e. The van der Waals surface area contributed by atoms with Crippen molar-refractivity contribution in [2.45, 2.75) is 76.4 Å². The van der Waals surface area contributed by atoms with Gasteiger partial charge < -0.3 is 4.74 Å². The summed E-state index contributed by atoms with van der Waals surface area (Å²) in [5, 5.41) is 0. The maximum absolute atomic E-state index is 11.8. The van der Waals surface area contributed by atoms with Gasteiger partial charge in [0.25, 0.3) is 0 Å². The predicted octanol–water partition coefficient (Wildman–Crippen LogP) is 3.24. The van der Waals surface area contributed by atoms with E-state index in [1.165, 1.54) is 44.9 Å². The first-order valence-electron chi connectivity index (χ1n) is 6.54. The van der Waals surface area contributed by atoms with Crippen molar-refractivity contribution >= 4 is 5.78 Å². The Bertz CT molecular complexity index is 213. The fourth-order valence-electron chi connectivity index (χ4n) is 2.71. The van der Waals surface area contributed by atoms with Crippen LogP contribution in [0.2, 0.25) is 0 Å². The molecule has 2 atom stereocenters. The van der Waals surface area contributed by atoms with Crippen molar-refractivity contribution in [1.29, 1.82) is 0 Å². The molecule has 86 valence electrons. The molecule has 2 nitrogen and oxygen atoms in total. The van der Waals surface area contributed by atoms with E-state index in [1.54, 1.807) is 0 Å². The third kappa shape index (κ3) is 3.30. The summed E-state index contributed by atoms with van der Waals surface area (Å²) in [4.78, 5) is 11.8. The van der Waals surface area contributed by atoms with Gasteiger partial charge in [-0.2, -0.15) is 0 Å². The molecule has 0 saturated carbocycles. The van der Waals surface area contributed by atoms with Crippen LogP contribution in [0.5, 0.6) is 0 Å². The van der Waals surface area contributed by atoms with Gasteiger partial charge in [0.2, 0.25) is 0 Å². The van der Waals surface area contributed by atoms with Crippen molar-refractivity contribution in [2.24, 2.45) is 0 Å². The fourth-order valence-corrected chi connectivity index (χ4v) is 2.71. The number of ketones is 1. The van der Waals surface area contributed by atoms with Gasteiger partial charge in [0.05, 0.1) is 6.10 Å². The molecule has 0 amide bonds. The van der Waals surface area contributed by atoms with Crippen molar-refractivity contribution in [1.82, 2.24) is 0 Å². The number of rotatable bonds is 0. The van der Waals surface area contributed by atoms with Gasteiger partial charge >= 0.3 is 0 Å². The molecule has 2 bridgehead atoms. The van der Waals surface area contributed by atoms with Gasteiger partial charge in [-0.1, -0.05) is 25.7 Å². The van der Waals surface area contributed by atoms with Crippen LogP contribution >= 0.6 is 0 Å². The Hall–Kier alpha value is -0.370. The number of carbonyl (C=O) groups excluding carboxylic acids is 1. The molecule has 0 aromatic rings. The monoisotopic (exact) mass is 210 g/mol. The number of ether oxygens (including phenoxy) is 1. The molecule has 0 aromatic carbocycles. The molecule has 0 spiro atoms. The number of Topliss-reactive ketones (excluding diaryl/α,β-unsaturated/α-hetero) is 1. The zero-order chi connectivity index (χ0) is 10.5. The zero-order valence-electron chi connectivity index (χ0n) is 9.54. The van der Waals surface area contributed by atoms with E-state index in [1.807, 2.05) is 0 Å². The summed E-state index contributed by atoms with van der Waals surface area (Å²) in [7, 11) is 0. The highest BCUT2D eigenvalue weighted by Gasteiger charge is 2.27. The van der Waals surface area contributed by atoms with E-state index in [0.717, 1.165) is 19.3 Å². The summed E-state index contributed by atoms with van der Waals surface area (Å²) in [6.45, 7) is 0. The molecule has 0 aromatic heterocycles. The molecular weight excluding hydrogens is 188 g/mol. The van der Waals surface area contributed by atoms with Crippen LogP contribution in [0.3, 0.4) is 0 Å². The van der Waals surface area contributed by atoms with Gasteiger partial charge in [-0.25, -0.2) is 0 Å². The minimum Gasteiger partial charge on any atom is -0.367 e. The number of hydrogen-bond donors (Lipinski definition) is 0. The van der Waals surface area contributed by atoms with Gasteiger partial charge in [-0.15, -0.1) is 0 Å². The van der Waals surface area contributed by atoms with Crippen LogP contribution < -0.4 is 0 Å². The summed E-state index contributed by atoms with van der Waals surface area (Å²) in [6, 6.07) is 0. The summed E-state index contributed by atoms with van der Waals surface area (Å²) in [5.74, 6) is 0.363. The number of hydrogen-bond acceptors (Lipinski definition) is 2. The van der Waals surface area contributed by atoms with Gasteiger partial charge in [0, 0.05) is 6.42 Å². The molecule has 0 aliphatic carbocycles. The molecule has 2 heteroatoms. The molecule has 2 fully saturated rings. The minimum atomic E-state index is -0.0538. The normalized spacial score (nSPS) is 34.5. The summed E-state index contributed by atoms with van der Waals surface area (Å²) < 4.78 is 5.88. The van der Waals surface area contributed by atoms with E-state index in [0.29, 0.717) is 11.9 Å². The number of fused-ring (bicyclic) bond motifs is 2. The van der Waals surface area contributed by atoms with Crippen molar-refractivity contribution in [3.8, 4) is 0 Å². The second kappa shape index (κ2) is 5.64. The molecule has 2 aliphatic rings. The average molecular weight is 210 g/mol. The number of carbonyl (C=O) groups is 1. The highest BCUT2D eigenvalue weighted by atomic mass is 16.5. The van der Waals surface area contributed by atoms with Crippen molar-refractivity contribution in [3.63, 3.8) is 0 Å². The van der Waals surface area contributed by atoms with E-state index in [4.69, 9.17) is 4.74 Å². The third-order valence-electron chi connectivity index (χ3n) is 3.66. The van der Waals surface area contributed by atoms with Gasteiger partial charge in [-0.05, 0) is 32.1 Å². The van der Waals surface area contributed by atoms with Crippen LogP contribution in [0, 0.1) is 0 Å². The first-order chi connectivity index (χ1) is 7.36. The Morgan fingerprint density at radius 3 is 2.53 bits per heavy atom. The van der Waals surface area contributed by atoms with E-state index in [9.17, 15) is 4.79 Å². The summed E-state index contributed by atoms with van der Waals surface area (Å²) in [5.41, 5.74) is 0. The van der Waals surface area contributed by atoms with Gasteiger partial charge in [0.1, 0.15) is 6.10 Å². The summed E-state index contributed by atoms with van der Waals surface area (Å²) >= 11 is 0. The highest BCUT2D eigenvalue weighted by molar-refractivity contribution is 5.83. The largest absolute Gasteiger partial charge is 0.367 e. The van der Waals surface area contributed by atoms with Gasteiger partial charge in [-0.3, -0.25) is 4.79 Å². The van der Waals surface area contributed by atoms with Crippen molar-refractivity contribution in [3.05, 3.63) is 0 Å². The van der Waals surface area contributed by atoms with E-state index < -0.39 is 0 Å². The SMILES string of the molecule is O=C1CCCCCCCC2CCCC1O2. The van der Waals surface area contributed by atoms with Crippen molar-refractivity contribution in [2.75, 3.05) is 0 Å².